The summed E-state index contributed by atoms with van der Waals surface area (Å²) in [5.74, 6) is -0.948. The first kappa shape index (κ1) is 69.1. The average molecular weight is 1010 g/mol. The first-order chi connectivity index (χ1) is 36.0. The van der Waals surface area contributed by atoms with Crippen molar-refractivity contribution >= 4 is 17.9 Å². The van der Waals surface area contributed by atoms with Crippen LogP contribution in [-0.2, 0) is 28.6 Å². The first-order valence-electron chi connectivity index (χ1n) is 30.4. The lowest BCUT2D eigenvalue weighted by atomic mass is 10.1. The predicted octanol–water partition coefficient (Wildman–Crippen LogP) is 20.7. The van der Waals surface area contributed by atoms with Crippen molar-refractivity contribution in [2.75, 3.05) is 13.2 Å². The van der Waals surface area contributed by atoms with Gasteiger partial charge >= 0.3 is 17.9 Å². The van der Waals surface area contributed by atoms with Gasteiger partial charge in [-0.2, -0.15) is 0 Å². The minimum atomic E-state index is -0.805. The number of allylic oxidation sites excluding steroid dienone is 18. The molecule has 0 heterocycles. The maximum absolute atomic E-state index is 12.9. The molecule has 1 atom stereocenters. The van der Waals surface area contributed by atoms with Crippen LogP contribution in [0.1, 0.15) is 278 Å². The van der Waals surface area contributed by atoms with E-state index in [9.17, 15) is 14.4 Å². The van der Waals surface area contributed by atoms with Crippen LogP contribution in [0.3, 0.4) is 0 Å². The van der Waals surface area contributed by atoms with E-state index in [2.05, 4.69) is 130 Å². The molecule has 6 nitrogen and oxygen atoms in total. The first-order valence-corrected chi connectivity index (χ1v) is 30.4. The third kappa shape index (κ3) is 58.8. The molecule has 0 aliphatic rings. The summed E-state index contributed by atoms with van der Waals surface area (Å²) in [5.41, 5.74) is 0. The Kier molecular flexibility index (Phi) is 57.4. The summed E-state index contributed by atoms with van der Waals surface area (Å²) in [6, 6.07) is 0. The molecule has 0 radical (unpaired) electrons. The lowest BCUT2D eigenvalue weighted by molar-refractivity contribution is -0.167. The second-order valence-electron chi connectivity index (χ2n) is 19.9. The molecule has 0 saturated carbocycles. The van der Waals surface area contributed by atoms with Crippen LogP contribution in [0.25, 0.3) is 0 Å². The van der Waals surface area contributed by atoms with Crippen LogP contribution in [0.4, 0.5) is 0 Å². The fraction of sp³-hybridized carbons (Fsp3) is 0.687. The van der Waals surface area contributed by atoms with E-state index in [4.69, 9.17) is 14.2 Å². The smallest absolute Gasteiger partial charge is 0.306 e. The molecule has 73 heavy (non-hydrogen) atoms. The number of esters is 3. The second-order valence-corrected chi connectivity index (χ2v) is 19.9. The zero-order valence-electron chi connectivity index (χ0n) is 47.6. The van der Waals surface area contributed by atoms with Crippen molar-refractivity contribution in [1.82, 2.24) is 0 Å². The van der Waals surface area contributed by atoms with Gasteiger partial charge in [0.15, 0.2) is 6.10 Å². The van der Waals surface area contributed by atoms with Gasteiger partial charge in [-0.15, -0.1) is 0 Å². The Morgan fingerprint density at radius 3 is 0.781 bits per heavy atom. The van der Waals surface area contributed by atoms with Crippen LogP contribution in [0.2, 0.25) is 0 Å². The number of hydrogen-bond donors (Lipinski definition) is 0. The summed E-state index contributed by atoms with van der Waals surface area (Å²) in [5, 5.41) is 0. The van der Waals surface area contributed by atoms with Crippen molar-refractivity contribution in [2.45, 2.75) is 284 Å². The van der Waals surface area contributed by atoms with E-state index in [1.165, 1.54) is 116 Å². The van der Waals surface area contributed by atoms with Crippen LogP contribution < -0.4 is 0 Å². The summed E-state index contributed by atoms with van der Waals surface area (Å²) < 4.78 is 16.9. The molecule has 0 amide bonds. The maximum atomic E-state index is 12.9. The van der Waals surface area contributed by atoms with Crippen LogP contribution in [0.15, 0.2) is 109 Å². The molecule has 0 N–H and O–H groups in total. The van der Waals surface area contributed by atoms with Gasteiger partial charge in [-0.25, -0.2) is 0 Å². The summed E-state index contributed by atoms with van der Waals surface area (Å²) >= 11 is 0. The van der Waals surface area contributed by atoms with Gasteiger partial charge in [-0.3, -0.25) is 14.4 Å². The predicted molar refractivity (Wildman–Crippen MR) is 316 cm³/mol. The molecule has 0 spiro atoms. The number of carbonyl (C=O) groups is 3. The molecular formula is C67H112O6. The Hall–Kier alpha value is -3.93. The largest absolute Gasteiger partial charge is 0.462 e. The van der Waals surface area contributed by atoms with Gasteiger partial charge in [0.2, 0.25) is 0 Å². The SMILES string of the molecule is CCCCC/C=C\C/C=C\C/C=C\C/C=C\CCCCCC(=O)OC[C@@H](COC(=O)CCCCCCCCC/C=C\C/C=C\CCCCC)OC(=O)CCCCCCCC/C=C\C/C=C\C/C=C\CCCCC. The third-order valence-electron chi connectivity index (χ3n) is 12.7. The molecule has 0 aromatic carbocycles. The summed E-state index contributed by atoms with van der Waals surface area (Å²) in [6.07, 6.45) is 82.1. The number of unbranched alkanes of at least 4 members (excludes halogenated alkanes) is 25. The van der Waals surface area contributed by atoms with Gasteiger partial charge in [0, 0.05) is 19.3 Å². The van der Waals surface area contributed by atoms with Crippen molar-refractivity contribution < 1.29 is 28.6 Å². The molecule has 416 valence electrons. The molecule has 0 aromatic heterocycles. The molecule has 0 saturated heterocycles. The lowest BCUT2D eigenvalue weighted by Crippen LogP contribution is -2.30. The van der Waals surface area contributed by atoms with Crippen LogP contribution in [-0.4, -0.2) is 37.2 Å². The van der Waals surface area contributed by atoms with Crippen molar-refractivity contribution in [3.8, 4) is 0 Å². The summed E-state index contributed by atoms with van der Waals surface area (Å²) in [7, 11) is 0. The lowest BCUT2D eigenvalue weighted by Gasteiger charge is -2.18. The minimum absolute atomic E-state index is 0.0993. The van der Waals surface area contributed by atoms with Gasteiger partial charge in [0.1, 0.15) is 13.2 Å². The van der Waals surface area contributed by atoms with Crippen molar-refractivity contribution in [2.24, 2.45) is 0 Å². The van der Waals surface area contributed by atoms with Crippen LogP contribution in [0, 0.1) is 0 Å². The van der Waals surface area contributed by atoms with Gasteiger partial charge < -0.3 is 14.2 Å². The van der Waals surface area contributed by atoms with Crippen LogP contribution in [0.5, 0.6) is 0 Å². The Morgan fingerprint density at radius 1 is 0.274 bits per heavy atom. The fourth-order valence-electron chi connectivity index (χ4n) is 8.11. The normalized spacial score (nSPS) is 12.9. The minimum Gasteiger partial charge on any atom is -0.462 e. The Morgan fingerprint density at radius 2 is 0.493 bits per heavy atom. The molecule has 0 unspecified atom stereocenters. The van der Waals surface area contributed by atoms with Gasteiger partial charge in [0.25, 0.3) is 0 Å². The van der Waals surface area contributed by atoms with E-state index in [1.807, 2.05) is 0 Å². The highest BCUT2D eigenvalue weighted by molar-refractivity contribution is 5.71. The van der Waals surface area contributed by atoms with Gasteiger partial charge in [-0.05, 0) is 135 Å². The average Bonchev–Trinajstić information content (AvgIpc) is 3.39. The quantitative estimate of drug-likeness (QED) is 0.0261. The molecule has 6 heteroatoms. The van der Waals surface area contributed by atoms with Gasteiger partial charge in [-0.1, -0.05) is 233 Å². The van der Waals surface area contributed by atoms with E-state index < -0.39 is 6.10 Å². The zero-order chi connectivity index (χ0) is 52.9. The molecule has 0 fully saturated rings. The number of carbonyl (C=O) groups excluding carboxylic acids is 3. The monoisotopic (exact) mass is 1010 g/mol. The highest BCUT2D eigenvalue weighted by atomic mass is 16.6. The van der Waals surface area contributed by atoms with Crippen molar-refractivity contribution in [3.63, 3.8) is 0 Å². The molecule has 0 rings (SSSR count). The summed E-state index contributed by atoms with van der Waals surface area (Å²) in [6.45, 7) is 6.52. The zero-order valence-corrected chi connectivity index (χ0v) is 47.6. The maximum Gasteiger partial charge on any atom is 0.306 e. The Labute approximate surface area is 450 Å². The number of hydrogen-bond acceptors (Lipinski definition) is 6. The molecular weight excluding hydrogens is 901 g/mol. The molecule has 0 aliphatic heterocycles. The third-order valence-corrected chi connectivity index (χ3v) is 12.7. The van der Waals surface area contributed by atoms with E-state index in [1.54, 1.807) is 0 Å². The number of rotatable bonds is 54. The highest BCUT2D eigenvalue weighted by Gasteiger charge is 2.19. The van der Waals surface area contributed by atoms with E-state index in [-0.39, 0.29) is 31.1 Å². The molecule has 0 aromatic rings. The van der Waals surface area contributed by atoms with E-state index in [0.717, 1.165) is 122 Å². The topological polar surface area (TPSA) is 78.9 Å². The van der Waals surface area contributed by atoms with Crippen LogP contribution >= 0.6 is 0 Å². The van der Waals surface area contributed by atoms with E-state index >= 15 is 0 Å². The molecule has 0 bridgehead atoms. The molecule has 0 aliphatic carbocycles. The van der Waals surface area contributed by atoms with Gasteiger partial charge in [0.05, 0.1) is 0 Å². The highest BCUT2D eigenvalue weighted by Crippen LogP contribution is 2.14. The second kappa shape index (κ2) is 60.6. The van der Waals surface area contributed by atoms with E-state index in [0.29, 0.717) is 19.3 Å². The Bertz CT molecular complexity index is 1490. The standard InChI is InChI=1S/C67H112O6/c1-4-7-10-13-16-19-22-25-28-31-33-36-39-42-45-48-51-54-57-60-66(69)72-63-64(62-71-65(68)59-56-53-50-47-44-41-38-35-30-27-24-21-18-15-12-9-6-3)73-67(70)61-58-55-52-49-46-43-40-37-34-32-29-26-23-20-17-14-11-8-5-2/h16-21,25-30,33-34,36-37,42,45,64H,4-15,22-24,31-32,35,38-41,43-44,46-63H2,1-3H3/b19-16-,20-17-,21-18-,28-25-,29-26-,30-27-,36-33-,37-34-,45-42-/t64-/m1/s1. The fourth-order valence-corrected chi connectivity index (χ4v) is 8.11. The summed E-state index contributed by atoms with van der Waals surface area (Å²) in [4.78, 5) is 38.3. The van der Waals surface area contributed by atoms with Crippen molar-refractivity contribution in [1.29, 1.82) is 0 Å². The Balaban J connectivity index is 4.50. The number of ether oxygens (including phenoxy) is 3. The van der Waals surface area contributed by atoms with Crippen molar-refractivity contribution in [3.05, 3.63) is 109 Å².